The van der Waals surface area contributed by atoms with E-state index in [0.717, 1.165) is 18.6 Å². The van der Waals surface area contributed by atoms with E-state index in [1.54, 1.807) is 12.0 Å². The van der Waals surface area contributed by atoms with E-state index in [0.29, 0.717) is 36.2 Å². The van der Waals surface area contributed by atoms with Gasteiger partial charge in [-0.05, 0) is 81.5 Å². The van der Waals surface area contributed by atoms with Crippen LogP contribution in [0.15, 0.2) is 42.5 Å². The first kappa shape index (κ1) is 20.8. The highest BCUT2D eigenvalue weighted by atomic mass is 16.6. The Balaban J connectivity index is 1.64. The van der Waals surface area contributed by atoms with Gasteiger partial charge in [-0.2, -0.15) is 0 Å². The van der Waals surface area contributed by atoms with E-state index in [2.05, 4.69) is 0 Å². The number of amides is 1. The Morgan fingerprint density at radius 1 is 1.03 bits per heavy atom. The number of anilines is 1. The SMILES string of the molecule is COc1ccc(Oc2cc(C3CCN(C(=O)OC(C)(C)C)CC3)ccc2N)cc1. The first-order chi connectivity index (χ1) is 13.7. The molecule has 0 spiro atoms. The molecule has 6 nitrogen and oxygen atoms in total. The van der Waals surface area contributed by atoms with Crippen LogP contribution in [0.5, 0.6) is 17.2 Å². The number of nitrogen functional groups attached to an aromatic ring is 1. The van der Waals surface area contributed by atoms with E-state index in [9.17, 15) is 4.79 Å². The fourth-order valence-electron chi connectivity index (χ4n) is 3.39. The van der Waals surface area contributed by atoms with Crippen molar-refractivity contribution in [1.29, 1.82) is 0 Å². The van der Waals surface area contributed by atoms with Gasteiger partial charge in [0.25, 0.3) is 0 Å². The molecular weight excluding hydrogens is 368 g/mol. The summed E-state index contributed by atoms with van der Waals surface area (Å²) in [5.74, 6) is 2.47. The Hall–Kier alpha value is -2.89. The van der Waals surface area contributed by atoms with Crippen molar-refractivity contribution in [2.24, 2.45) is 0 Å². The molecule has 2 N–H and O–H groups in total. The Morgan fingerprint density at radius 2 is 1.66 bits per heavy atom. The molecule has 2 aromatic carbocycles. The lowest BCUT2D eigenvalue weighted by molar-refractivity contribution is 0.0205. The van der Waals surface area contributed by atoms with Gasteiger partial charge in [0.05, 0.1) is 12.8 Å². The van der Waals surface area contributed by atoms with Crippen LogP contribution in [0, 0.1) is 0 Å². The molecule has 29 heavy (non-hydrogen) atoms. The maximum atomic E-state index is 12.3. The highest BCUT2D eigenvalue weighted by Gasteiger charge is 2.27. The van der Waals surface area contributed by atoms with Crippen LogP contribution in [0.2, 0.25) is 0 Å². The molecule has 0 radical (unpaired) electrons. The molecule has 2 aromatic rings. The third-order valence-corrected chi connectivity index (χ3v) is 4.94. The highest BCUT2D eigenvalue weighted by molar-refractivity contribution is 5.68. The maximum absolute atomic E-state index is 12.3. The summed E-state index contributed by atoms with van der Waals surface area (Å²) >= 11 is 0. The van der Waals surface area contributed by atoms with Crippen LogP contribution >= 0.6 is 0 Å². The molecule has 1 heterocycles. The number of carbonyl (C=O) groups is 1. The summed E-state index contributed by atoms with van der Waals surface area (Å²) in [5, 5.41) is 0. The number of ether oxygens (including phenoxy) is 3. The second-order valence-electron chi connectivity index (χ2n) is 8.32. The molecule has 0 bridgehead atoms. The zero-order chi connectivity index (χ0) is 21.0. The van der Waals surface area contributed by atoms with E-state index in [1.807, 2.05) is 63.2 Å². The smallest absolute Gasteiger partial charge is 0.410 e. The molecule has 3 rings (SSSR count). The minimum atomic E-state index is -0.474. The van der Waals surface area contributed by atoms with Gasteiger partial charge in [-0.25, -0.2) is 4.79 Å². The molecule has 156 valence electrons. The van der Waals surface area contributed by atoms with Crippen molar-refractivity contribution < 1.29 is 19.0 Å². The van der Waals surface area contributed by atoms with E-state index in [-0.39, 0.29) is 6.09 Å². The van der Waals surface area contributed by atoms with Crippen LogP contribution in [-0.4, -0.2) is 36.8 Å². The molecule has 0 atom stereocenters. The quantitative estimate of drug-likeness (QED) is 0.718. The van der Waals surface area contributed by atoms with Crippen LogP contribution in [0.1, 0.15) is 45.1 Å². The lowest BCUT2D eigenvalue weighted by atomic mass is 9.89. The maximum Gasteiger partial charge on any atom is 0.410 e. The third-order valence-electron chi connectivity index (χ3n) is 4.94. The minimum Gasteiger partial charge on any atom is -0.497 e. The van der Waals surface area contributed by atoms with Crippen molar-refractivity contribution in [2.45, 2.75) is 45.1 Å². The van der Waals surface area contributed by atoms with Crippen LogP contribution in [-0.2, 0) is 4.74 Å². The van der Waals surface area contributed by atoms with Crippen molar-refractivity contribution in [3.8, 4) is 17.2 Å². The fraction of sp³-hybridized carbons (Fsp3) is 0.435. The highest BCUT2D eigenvalue weighted by Crippen LogP contribution is 2.35. The number of nitrogens with two attached hydrogens (primary N) is 1. The molecule has 0 saturated carbocycles. The molecule has 0 aliphatic carbocycles. The average Bonchev–Trinajstić information content (AvgIpc) is 2.69. The summed E-state index contributed by atoms with van der Waals surface area (Å²) in [4.78, 5) is 14.0. The molecule has 1 amide bonds. The minimum absolute atomic E-state index is 0.239. The van der Waals surface area contributed by atoms with Gasteiger partial charge in [0, 0.05) is 13.1 Å². The molecule has 1 aliphatic rings. The van der Waals surface area contributed by atoms with Gasteiger partial charge in [0.1, 0.15) is 17.1 Å². The summed E-state index contributed by atoms with van der Waals surface area (Å²) in [6.45, 7) is 7.01. The zero-order valence-corrected chi connectivity index (χ0v) is 17.6. The van der Waals surface area contributed by atoms with E-state index in [4.69, 9.17) is 19.9 Å². The molecule has 1 aliphatic heterocycles. The van der Waals surface area contributed by atoms with Crippen LogP contribution in [0.3, 0.4) is 0 Å². The number of nitrogens with zero attached hydrogens (tertiary/aromatic N) is 1. The normalized spacial score (nSPS) is 15.1. The lowest BCUT2D eigenvalue weighted by Gasteiger charge is -2.33. The fourth-order valence-corrected chi connectivity index (χ4v) is 3.39. The van der Waals surface area contributed by atoms with Gasteiger partial charge in [-0.15, -0.1) is 0 Å². The van der Waals surface area contributed by atoms with E-state index in [1.165, 1.54) is 5.56 Å². The van der Waals surface area contributed by atoms with Crippen LogP contribution < -0.4 is 15.2 Å². The van der Waals surface area contributed by atoms with Gasteiger partial charge >= 0.3 is 6.09 Å². The largest absolute Gasteiger partial charge is 0.497 e. The first-order valence-electron chi connectivity index (χ1n) is 9.94. The summed E-state index contributed by atoms with van der Waals surface area (Å²) in [5.41, 5.74) is 7.42. The topological polar surface area (TPSA) is 74.0 Å². The third kappa shape index (κ3) is 5.56. The number of methoxy groups -OCH3 is 1. The Bertz CT molecular complexity index is 835. The van der Waals surface area contributed by atoms with E-state index < -0.39 is 5.60 Å². The summed E-state index contributed by atoms with van der Waals surface area (Å²) < 4.78 is 16.6. The van der Waals surface area contributed by atoms with Gasteiger partial charge in [-0.1, -0.05) is 6.07 Å². The van der Waals surface area contributed by atoms with E-state index >= 15 is 0 Å². The number of likely N-dealkylation sites (tertiary alicyclic amines) is 1. The number of rotatable bonds is 4. The Morgan fingerprint density at radius 3 is 2.24 bits per heavy atom. The number of benzene rings is 2. The number of hydrogen-bond donors (Lipinski definition) is 1. The van der Waals surface area contributed by atoms with Crippen molar-refractivity contribution in [1.82, 2.24) is 4.90 Å². The Labute approximate surface area is 172 Å². The number of hydrogen-bond acceptors (Lipinski definition) is 5. The van der Waals surface area contributed by atoms with Crippen molar-refractivity contribution in [2.75, 3.05) is 25.9 Å². The molecule has 0 aromatic heterocycles. The van der Waals surface area contributed by atoms with Gasteiger partial charge < -0.3 is 24.8 Å². The lowest BCUT2D eigenvalue weighted by Crippen LogP contribution is -2.41. The molecule has 1 fully saturated rings. The molecular formula is C23H30N2O4. The average molecular weight is 399 g/mol. The number of carbonyl (C=O) groups excluding carboxylic acids is 1. The Kier molecular flexibility index (Phi) is 6.20. The van der Waals surface area contributed by atoms with Crippen LogP contribution in [0.25, 0.3) is 0 Å². The van der Waals surface area contributed by atoms with Crippen molar-refractivity contribution in [3.05, 3.63) is 48.0 Å². The predicted octanol–water partition coefficient (Wildman–Crippen LogP) is 5.18. The molecule has 6 heteroatoms. The summed E-state index contributed by atoms with van der Waals surface area (Å²) in [6, 6.07) is 13.3. The predicted molar refractivity (Wildman–Crippen MR) is 114 cm³/mol. The van der Waals surface area contributed by atoms with Gasteiger partial charge in [0.15, 0.2) is 5.75 Å². The van der Waals surface area contributed by atoms with Crippen molar-refractivity contribution in [3.63, 3.8) is 0 Å². The summed E-state index contributed by atoms with van der Waals surface area (Å²) in [6.07, 6.45) is 1.52. The van der Waals surface area contributed by atoms with Gasteiger partial charge in [-0.3, -0.25) is 0 Å². The first-order valence-corrected chi connectivity index (χ1v) is 9.94. The van der Waals surface area contributed by atoms with Crippen LogP contribution in [0.4, 0.5) is 10.5 Å². The zero-order valence-electron chi connectivity index (χ0n) is 17.6. The van der Waals surface area contributed by atoms with Crippen molar-refractivity contribution >= 4 is 11.8 Å². The standard InChI is InChI=1S/C23H30N2O4/c1-23(2,3)29-22(26)25-13-11-16(12-14-25)17-5-10-20(24)21(15-17)28-19-8-6-18(27-4)7-9-19/h5-10,15-16H,11-14,24H2,1-4H3. The second-order valence-corrected chi connectivity index (χ2v) is 8.32. The summed E-state index contributed by atoms with van der Waals surface area (Å²) in [7, 11) is 1.63. The molecule has 0 unspecified atom stereocenters. The second kappa shape index (κ2) is 8.64. The van der Waals surface area contributed by atoms with Gasteiger partial charge in [0.2, 0.25) is 0 Å². The monoisotopic (exact) mass is 398 g/mol. The molecule has 1 saturated heterocycles. The number of piperidine rings is 1.